The zero-order valence-corrected chi connectivity index (χ0v) is 8.93. The molecule has 5 N–H and O–H groups in total. The molecule has 0 aromatic carbocycles. The first kappa shape index (κ1) is 13.8. The van der Waals surface area contributed by atoms with Gasteiger partial charge in [0.2, 0.25) is 0 Å². The van der Waals surface area contributed by atoms with Crippen LogP contribution in [0.1, 0.15) is 6.92 Å². The van der Waals surface area contributed by atoms with Gasteiger partial charge in [0, 0.05) is 0 Å². The van der Waals surface area contributed by atoms with E-state index in [0.717, 1.165) is 0 Å². The molecule has 6 atom stereocenters. The molecule has 96 valence electrons. The first-order valence-corrected chi connectivity index (χ1v) is 5.08. The molecular formula is C9H18O7. The van der Waals surface area contributed by atoms with Crippen LogP contribution in [0.4, 0.5) is 0 Å². The highest BCUT2D eigenvalue weighted by Gasteiger charge is 2.44. The maximum absolute atomic E-state index is 9.54. The lowest BCUT2D eigenvalue weighted by Crippen LogP contribution is -2.59. The van der Waals surface area contributed by atoms with Crippen LogP contribution in [0, 0.1) is 0 Å². The van der Waals surface area contributed by atoms with E-state index >= 15 is 0 Å². The van der Waals surface area contributed by atoms with Gasteiger partial charge in [-0.3, -0.25) is 0 Å². The molecule has 1 aliphatic heterocycles. The largest absolute Gasteiger partial charge is 0.394 e. The Morgan fingerprint density at radius 3 is 2.25 bits per heavy atom. The SMILES string of the molecule is CC(CO)O[C@@H]1OC(CO)[C@H](O)[C@H](O)C1O. The molecule has 16 heavy (non-hydrogen) atoms. The Bertz CT molecular complexity index is 210. The van der Waals surface area contributed by atoms with E-state index in [1.165, 1.54) is 0 Å². The summed E-state index contributed by atoms with van der Waals surface area (Å²) in [7, 11) is 0. The maximum atomic E-state index is 9.54. The molecule has 0 bridgehead atoms. The molecule has 3 unspecified atom stereocenters. The first-order valence-electron chi connectivity index (χ1n) is 5.08. The van der Waals surface area contributed by atoms with Crippen LogP contribution in [0.3, 0.4) is 0 Å². The summed E-state index contributed by atoms with van der Waals surface area (Å²) in [6.07, 6.45) is -7.04. The lowest BCUT2D eigenvalue weighted by Gasteiger charge is -2.40. The van der Waals surface area contributed by atoms with Gasteiger partial charge in [0.25, 0.3) is 0 Å². The van der Waals surface area contributed by atoms with E-state index in [-0.39, 0.29) is 6.61 Å². The molecular weight excluding hydrogens is 220 g/mol. The van der Waals surface area contributed by atoms with E-state index in [4.69, 9.17) is 19.7 Å². The maximum Gasteiger partial charge on any atom is 0.187 e. The molecule has 1 fully saturated rings. The third-order valence-corrected chi connectivity index (χ3v) is 2.47. The predicted molar refractivity (Wildman–Crippen MR) is 51.4 cm³/mol. The fourth-order valence-corrected chi connectivity index (χ4v) is 1.45. The number of rotatable bonds is 4. The fraction of sp³-hybridized carbons (Fsp3) is 1.00. The lowest BCUT2D eigenvalue weighted by atomic mass is 9.99. The summed E-state index contributed by atoms with van der Waals surface area (Å²) in [5, 5.41) is 46.1. The quantitative estimate of drug-likeness (QED) is 0.358. The monoisotopic (exact) mass is 238 g/mol. The van der Waals surface area contributed by atoms with Crippen LogP contribution in [-0.4, -0.2) is 75.6 Å². The summed E-state index contributed by atoms with van der Waals surface area (Å²) >= 11 is 0. The van der Waals surface area contributed by atoms with E-state index in [1.807, 2.05) is 0 Å². The second-order valence-electron chi connectivity index (χ2n) is 3.83. The topological polar surface area (TPSA) is 120 Å². The molecule has 1 rings (SSSR count). The van der Waals surface area contributed by atoms with Crippen molar-refractivity contribution in [3.8, 4) is 0 Å². The molecule has 7 nitrogen and oxygen atoms in total. The van der Waals surface area contributed by atoms with E-state index in [0.29, 0.717) is 0 Å². The van der Waals surface area contributed by atoms with Gasteiger partial charge in [0.1, 0.15) is 24.4 Å². The van der Waals surface area contributed by atoms with Crippen LogP contribution in [0.25, 0.3) is 0 Å². The minimum Gasteiger partial charge on any atom is -0.394 e. The second-order valence-corrected chi connectivity index (χ2v) is 3.83. The summed E-state index contributed by atoms with van der Waals surface area (Å²) in [4.78, 5) is 0. The van der Waals surface area contributed by atoms with Gasteiger partial charge < -0.3 is 35.0 Å². The number of hydrogen-bond donors (Lipinski definition) is 5. The highest BCUT2D eigenvalue weighted by molar-refractivity contribution is 4.89. The van der Waals surface area contributed by atoms with Gasteiger partial charge in [0.15, 0.2) is 6.29 Å². The normalized spacial score (nSPS) is 42.0. The van der Waals surface area contributed by atoms with E-state index in [9.17, 15) is 15.3 Å². The first-order chi connectivity index (χ1) is 7.51. The second kappa shape index (κ2) is 5.87. The molecule has 0 aromatic heterocycles. The minimum absolute atomic E-state index is 0.269. The predicted octanol–water partition coefficient (Wildman–Crippen LogP) is -2.82. The van der Waals surface area contributed by atoms with Crippen LogP contribution in [-0.2, 0) is 9.47 Å². The average molecular weight is 238 g/mol. The highest BCUT2D eigenvalue weighted by Crippen LogP contribution is 2.22. The molecule has 0 aliphatic carbocycles. The summed E-state index contributed by atoms with van der Waals surface area (Å²) in [5.74, 6) is 0. The Labute approximate surface area is 92.9 Å². The molecule has 1 aliphatic rings. The van der Waals surface area contributed by atoms with Crippen molar-refractivity contribution in [3.63, 3.8) is 0 Å². The van der Waals surface area contributed by atoms with Gasteiger partial charge in [-0.05, 0) is 6.92 Å². The number of aliphatic hydroxyl groups excluding tert-OH is 5. The standard InChI is InChI=1S/C9H18O7/c1-4(2-10)15-9-8(14)7(13)6(12)5(3-11)16-9/h4-14H,2-3H2,1H3/t4?,5?,6-,7-,8?,9+/m0/s1. The van der Waals surface area contributed by atoms with Crippen molar-refractivity contribution >= 4 is 0 Å². The molecule has 1 saturated heterocycles. The fourth-order valence-electron chi connectivity index (χ4n) is 1.45. The lowest BCUT2D eigenvalue weighted by molar-refractivity contribution is -0.311. The molecule has 0 amide bonds. The zero-order valence-electron chi connectivity index (χ0n) is 8.93. The van der Waals surface area contributed by atoms with E-state index in [1.54, 1.807) is 6.92 Å². The van der Waals surface area contributed by atoms with Gasteiger partial charge in [-0.2, -0.15) is 0 Å². The van der Waals surface area contributed by atoms with Crippen LogP contribution in [0.5, 0.6) is 0 Å². The third kappa shape index (κ3) is 2.89. The number of ether oxygens (including phenoxy) is 2. The van der Waals surface area contributed by atoms with E-state index in [2.05, 4.69) is 0 Å². The average Bonchev–Trinajstić information content (AvgIpc) is 2.29. The summed E-state index contributed by atoms with van der Waals surface area (Å²) in [5.41, 5.74) is 0. The Kier molecular flexibility index (Phi) is 5.06. The van der Waals surface area contributed by atoms with Gasteiger partial charge >= 0.3 is 0 Å². The molecule has 7 heteroatoms. The van der Waals surface area contributed by atoms with Gasteiger partial charge in [-0.1, -0.05) is 0 Å². The van der Waals surface area contributed by atoms with Crippen LogP contribution in [0.15, 0.2) is 0 Å². The third-order valence-electron chi connectivity index (χ3n) is 2.47. The van der Waals surface area contributed by atoms with Gasteiger partial charge in [-0.25, -0.2) is 0 Å². The van der Waals surface area contributed by atoms with Crippen LogP contribution < -0.4 is 0 Å². The van der Waals surface area contributed by atoms with Crippen molar-refractivity contribution in [3.05, 3.63) is 0 Å². The van der Waals surface area contributed by atoms with Gasteiger partial charge in [-0.15, -0.1) is 0 Å². The minimum atomic E-state index is -1.46. The van der Waals surface area contributed by atoms with Gasteiger partial charge in [0.05, 0.1) is 19.3 Å². The van der Waals surface area contributed by atoms with Crippen LogP contribution in [0.2, 0.25) is 0 Å². The summed E-state index contributed by atoms with van der Waals surface area (Å²) in [6.45, 7) is 0.786. The smallest absolute Gasteiger partial charge is 0.187 e. The van der Waals surface area contributed by atoms with Crippen molar-refractivity contribution in [1.29, 1.82) is 0 Å². The Morgan fingerprint density at radius 1 is 1.12 bits per heavy atom. The molecule has 0 radical (unpaired) electrons. The summed E-state index contributed by atoms with van der Waals surface area (Å²) < 4.78 is 10.2. The zero-order chi connectivity index (χ0) is 12.3. The van der Waals surface area contributed by atoms with Crippen molar-refractivity contribution in [2.24, 2.45) is 0 Å². The van der Waals surface area contributed by atoms with Crippen LogP contribution >= 0.6 is 0 Å². The Morgan fingerprint density at radius 2 is 1.75 bits per heavy atom. The molecule has 1 heterocycles. The summed E-state index contributed by atoms with van der Waals surface area (Å²) in [6, 6.07) is 0. The highest BCUT2D eigenvalue weighted by atomic mass is 16.7. The number of hydrogen-bond acceptors (Lipinski definition) is 7. The van der Waals surface area contributed by atoms with Crippen molar-refractivity contribution in [2.75, 3.05) is 13.2 Å². The van der Waals surface area contributed by atoms with Crippen molar-refractivity contribution in [2.45, 2.75) is 43.7 Å². The Hall–Kier alpha value is -0.280. The van der Waals surface area contributed by atoms with Crippen molar-refractivity contribution < 1.29 is 35.0 Å². The van der Waals surface area contributed by atoms with E-state index < -0.39 is 43.4 Å². The number of aliphatic hydroxyl groups is 5. The van der Waals surface area contributed by atoms with Crippen molar-refractivity contribution in [1.82, 2.24) is 0 Å². The molecule has 0 saturated carbocycles. The molecule has 0 aromatic rings. The Balaban J connectivity index is 2.63. The molecule has 0 spiro atoms.